The van der Waals surface area contributed by atoms with Crippen molar-refractivity contribution in [2.75, 3.05) is 44.3 Å². The SMILES string of the molecule is N=C(NCCCCC1CCN(C(=O)NCCO)CC1)NC(=O)c1nc(Cl)c(N)nc1N. The van der Waals surface area contributed by atoms with Gasteiger partial charge < -0.3 is 32.1 Å². The standard InChI is InChI=1S/C18H30ClN9O3/c19-13-15(21)26-14(20)12(25-13)16(30)27-17(22)23-6-2-1-3-11-4-8-28(9-5-11)18(31)24-7-10-29/h11,29H,1-10H2,(H,24,31)(H4,20,21,26)(H3,22,23,27,30). The van der Waals surface area contributed by atoms with E-state index >= 15 is 0 Å². The summed E-state index contributed by atoms with van der Waals surface area (Å²) in [6, 6.07) is -0.119. The number of carbonyl (C=O) groups is 2. The lowest BCUT2D eigenvalue weighted by molar-refractivity contribution is 0.0971. The summed E-state index contributed by atoms with van der Waals surface area (Å²) in [5.74, 6) is -0.526. The summed E-state index contributed by atoms with van der Waals surface area (Å²) in [7, 11) is 0. The van der Waals surface area contributed by atoms with Crippen LogP contribution in [0.4, 0.5) is 16.4 Å². The fraction of sp³-hybridized carbons (Fsp3) is 0.611. The third-order valence-electron chi connectivity index (χ3n) is 4.99. The van der Waals surface area contributed by atoms with Crippen molar-refractivity contribution in [1.29, 1.82) is 5.41 Å². The van der Waals surface area contributed by atoms with Gasteiger partial charge in [0.25, 0.3) is 5.91 Å². The number of guanidine groups is 1. The number of piperidine rings is 1. The minimum Gasteiger partial charge on any atom is -0.395 e. The highest BCUT2D eigenvalue weighted by Crippen LogP contribution is 2.22. The molecule has 2 heterocycles. The number of anilines is 2. The first-order valence-corrected chi connectivity index (χ1v) is 10.6. The van der Waals surface area contributed by atoms with Gasteiger partial charge in [0.05, 0.1) is 6.61 Å². The third-order valence-corrected chi connectivity index (χ3v) is 5.27. The molecule has 0 atom stereocenters. The molecule has 3 amide bonds. The first-order valence-electron chi connectivity index (χ1n) is 10.2. The van der Waals surface area contributed by atoms with Crippen LogP contribution in [0.5, 0.6) is 0 Å². The molecule has 0 bridgehead atoms. The van der Waals surface area contributed by atoms with Gasteiger partial charge in [0.15, 0.2) is 28.4 Å². The number of nitrogens with one attached hydrogen (secondary N) is 4. The molecule has 1 fully saturated rings. The van der Waals surface area contributed by atoms with Crippen molar-refractivity contribution < 1.29 is 14.7 Å². The lowest BCUT2D eigenvalue weighted by Crippen LogP contribution is -2.45. The monoisotopic (exact) mass is 455 g/mol. The molecule has 1 aromatic rings. The van der Waals surface area contributed by atoms with E-state index in [2.05, 4.69) is 25.9 Å². The molecule has 1 saturated heterocycles. The maximum atomic E-state index is 12.1. The average Bonchev–Trinajstić information content (AvgIpc) is 2.74. The first kappa shape index (κ1) is 24.4. The Morgan fingerprint density at radius 1 is 1.13 bits per heavy atom. The van der Waals surface area contributed by atoms with Crippen molar-refractivity contribution in [3.8, 4) is 0 Å². The number of nitrogens with zero attached hydrogens (tertiary/aromatic N) is 3. The molecular weight excluding hydrogens is 426 g/mol. The molecule has 0 radical (unpaired) electrons. The number of carbonyl (C=O) groups excluding carboxylic acids is 2. The van der Waals surface area contributed by atoms with Crippen LogP contribution >= 0.6 is 11.6 Å². The maximum Gasteiger partial charge on any atom is 0.317 e. The second-order valence-electron chi connectivity index (χ2n) is 7.27. The maximum absolute atomic E-state index is 12.1. The van der Waals surface area contributed by atoms with E-state index in [0.29, 0.717) is 12.5 Å². The van der Waals surface area contributed by atoms with Crippen LogP contribution in [0.2, 0.25) is 5.15 Å². The number of aromatic nitrogens is 2. The van der Waals surface area contributed by atoms with E-state index < -0.39 is 5.91 Å². The molecule has 9 N–H and O–H groups in total. The Hall–Kier alpha value is -2.86. The molecule has 2 rings (SSSR count). The zero-order valence-corrected chi connectivity index (χ0v) is 18.0. The lowest BCUT2D eigenvalue weighted by atomic mass is 9.92. The molecular formula is C18H30ClN9O3. The highest BCUT2D eigenvalue weighted by atomic mass is 35.5. The number of aliphatic hydroxyl groups excluding tert-OH is 1. The predicted octanol–water partition coefficient (Wildman–Crippen LogP) is 0.133. The second-order valence-corrected chi connectivity index (χ2v) is 7.63. The number of aliphatic hydroxyl groups is 1. The summed E-state index contributed by atoms with van der Waals surface area (Å²) in [5.41, 5.74) is 10.9. The van der Waals surface area contributed by atoms with E-state index in [-0.39, 0.29) is 47.6 Å². The molecule has 0 saturated carbocycles. The van der Waals surface area contributed by atoms with Gasteiger partial charge in [0, 0.05) is 26.2 Å². The van der Waals surface area contributed by atoms with Gasteiger partial charge >= 0.3 is 6.03 Å². The molecule has 1 aliphatic heterocycles. The van der Waals surface area contributed by atoms with Crippen LogP contribution in [0.25, 0.3) is 0 Å². The Labute approximate surface area is 185 Å². The normalized spacial score (nSPS) is 14.2. The highest BCUT2D eigenvalue weighted by Gasteiger charge is 2.22. The van der Waals surface area contributed by atoms with Gasteiger partial charge in [0.2, 0.25) is 0 Å². The summed E-state index contributed by atoms with van der Waals surface area (Å²) < 4.78 is 0. The van der Waals surface area contributed by atoms with Crippen LogP contribution in [0.1, 0.15) is 42.6 Å². The molecule has 172 valence electrons. The number of hydrogen-bond acceptors (Lipinski definition) is 8. The number of urea groups is 1. The smallest absolute Gasteiger partial charge is 0.317 e. The number of amides is 3. The Morgan fingerprint density at radius 2 is 1.84 bits per heavy atom. The topological polar surface area (TPSA) is 195 Å². The fourth-order valence-electron chi connectivity index (χ4n) is 3.30. The molecule has 0 aliphatic carbocycles. The number of unbranched alkanes of at least 4 members (excludes halogenated alkanes) is 1. The zero-order valence-electron chi connectivity index (χ0n) is 17.3. The largest absolute Gasteiger partial charge is 0.395 e. The molecule has 0 aromatic carbocycles. The van der Waals surface area contributed by atoms with Crippen molar-refractivity contribution in [3.63, 3.8) is 0 Å². The average molecular weight is 456 g/mol. The molecule has 0 spiro atoms. The summed E-state index contributed by atoms with van der Waals surface area (Å²) in [6.45, 7) is 2.19. The Balaban J connectivity index is 1.60. The summed E-state index contributed by atoms with van der Waals surface area (Å²) in [6.07, 6.45) is 4.77. The van der Waals surface area contributed by atoms with E-state index in [1.807, 2.05) is 0 Å². The number of halogens is 1. The van der Waals surface area contributed by atoms with Crippen molar-refractivity contribution in [3.05, 3.63) is 10.8 Å². The van der Waals surface area contributed by atoms with Crippen LogP contribution in [-0.4, -0.2) is 70.7 Å². The number of nitrogens with two attached hydrogens (primary N) is 2. The van der Waals surface area contributed by atoms with Crippen molar-refractivity contribution in [1.82, 2.24) is 30.8 Å². The van der Waals surface area contributed by atoms with Crippen molar-refractivity contribution in [2.45, 2.75) is 32.1 Å². The quantitative estimate of drug-likeness (QED) is 0.163. The summed E-state index contributed by atoms with van der Waals surface area (Å²) in [5, 5.41) is 24.3. The Kier molecular flexibility index (Phi) is 9.53. The van der Waals surface area contributed by atoms with E-state index in [1.165, 1.54) is 0 Å². The van der Waals surface area contributed by atoms with Crippen molar-refractivity contribution in [2.24, 2.45) is 5.92 Å². The molecule has 1 aromatic heterocycles. The molecule has 1 aliphatic rings. The summed E-state index contributed by atoms with van der Waals surface area (Å²) >= 11 is 5.76. The number of nitrogen functional groups attached to an aromatic ring is 2. The number of rotatable bonds is 8. The summed E-state index contributed by atoms with van der Waals surface area (Å²) in [4.78, 5) is 33.3. The van der Waals surface area contributed by atoms with Gasteiger partial charge in [-0.1, -0.05) is 24.4 Å². The van der Waals surface area contributed by atoms with Crippen LogP contribution in [0.3, 0.4) is 0 Å². The third kappa shape index (κ3) is 7.72. The van der Waals surface area contributed by atoms with Gasteiger partial charge in [-0.05, 0) is 25.2 Å². The van der Waals surface area contributed by atoms with Crippen LogP contribution < -0.4 is 27.4 Å². The number of likely N-dealkylation sites (tertiary alicyclic amines) is 1. The zero-order chi connectivity index (χ0) is 22.8. The fourth-order valence-corrected chi connectivity index (χ4v) is 3.42. The van der Waals surface area contributed by atoms with Crippen LogP contribution in [0, 0.1) is 11.3 Å². The van der Waals surface area contributed by atoms with E-state index in [4.69, 9.17) is 33.6 Å². The van der Waals surface area contributed by atoms with Gasteiger partial charge in [0.1, 0.15) is 0 Å². The van der Waals surface area contributed by atoms with Crippen LogP contribution in [-0.2, 0) is 0 Å². The van der Waals surface area contributed by atoms with E-state index in [0.717, 1.165) is 45.2 Å². The minimum absolute atomic E-state index is 0.0602. The first-order chi connectivity index (χ1) is 14.8. The van der Waals surface area contributed by atoms with E-state index in [1.54, 1.807) is 4.90 Å². The number of hydrogen-bond donors (Lipinski definition) is 7. The van der Waals surface area contributed by atoms with Crippen molar-refractivity contribution >= 4 is 41.1 Å². The Morgan fingerprint density at radius 3 is 2.52 bits per heavy atom. The van der Waals surface area contributed by atoms with Gasteiger partial charge in [-0.3, -0.25) is 15.5 Å². The second kappa shape index (κ2) is 12.1. The van der Waals surface area contributed by atoms with Gasteiger partial charge in [-0.15, -0.1) is 0 Å². The molecule has 13 heteroatoms. The van der Waals surface area contributed by atoms with Gasteiger partial charge in [-0.25, -0.2) is 14.8 Å². The molecule has 31 heavy (non-hydrogen) atoms. The highest BCUT2D eigenvalue weighted by molar-refractivity contribution is 6.31. The molecule has 12 nitrogen and oxygen atoms in total. The van der Waals surface area contributed by atoms with E-state index in [9.17, 15) is 9.59 Å². The Bertz CT molecular complexity index is 785. The van der Waals surface area contributed by atoms with Crippen LogP contribution in [0.15, 0.2) is 0 Å². The lowest BCUT2D eigenvalue weighted by Gasteiger charge is -2.32. The predicted molar refractivity (Wildman–Crippen MR) is 118 cm³/mol. The minimum atomic E-state index is -0.695. The molecule has 0 unspecified atom stereocenters. The van der Waals surface area contributed by atoms with Gasteiger partial charge in [-0.2, -0.15) is 0 Å².